The van der Waals surface area contributed by atoms with Gasteiger partial charge in [-0.15, -0.1) is 0 Å². The van der Waals surface area contributed by atoms with Crippen LogP contribution in [0.25, 0.3) is 0 Å². The van der Waals surface area contributed by atoms with E-state index in [1.807, 2.05) is 0 Å². The molecule has 1 heterocycles. The average Bonchev–Trinajstić information content (AvgIpc) is 2.65. The number of hydrogen-bond acceptors (Lipinski definition) is 4. The second-order valence-electron chi connectivity index (χ2n) is 3.72. The number of aliphatic hydroxyl groups is 1. The summed E-state index contributed by atoms with van der Waals surface area (Å²) in [5.74, 6) is 0.215. The highest BCUT2D eigenvalue weighted by molar-refractivity contribution is 5.92. The molecular formula is C10H15NO3. The van der Waals surface area contributed by atoms with Gasteiger partial charge < -0.3 is 14.7 Å². The zero-order valence-electron chi connectivity index (χ0n) is 8.11. The maximum Gasteiger partial charge on any atom is 0.157 e. The Morgan fingerprint density at radius 3 is 3.07 bits per heavy atom. The molecule has 4 heteroatoms. The van der Waals surface area contributed by atoms with Crippen molar-refractivity contribution in [3.63, 3.8) is 0 Å². The molecule has 1 atom stereocenters. The Morgan fingerprint density at radius 2 is 2.43 bits per heavy atom. The third-order valence-electron chi connectivity index (χ3n) is 2.70. The second kappa shape index (κ2) is 4.11. The molecule has 78 valence electrons. The molecule has 1 N–H and O–H groups in total. The van der Waals surface area contributed by atoms with Gasteiger partial charge in [0.25, 0.3) is 0 Å². The van der Waals surface area contributed by atoms with Crippen molar-refractivity contribution in [1.82, 2.24) is 4.90 Å². The van der Waals surface area contributed by atoms with E-state index in [0.29, 0.717) is 19.6 Å². The Hall–Kier alpha value is -0.870. The van der Waals surface area contributed by atoms with Crippen LogP contribution in [0.15, 0.2) is 11.8 Å². The van der Waals surface area contributed by atoms with E-state index in [0.717, 1.165) is 18.7 Å². The molecular weight excluding hydrogens is 182 g/mol. The molecule has 1 unspecified atom stereocenters. The van der Waals surface area contributed by atoms with Gasteiger partial charge in [-0.25, -0.2) is 0 Å². The molecule has 0 aromatic heterocycles. The molecule has 0 aromatic carbocycles. The quantitative estimate of drug-likeness (QED) is 0.673. The van der Waals surface area contributed by atoms with Crippen LogP contribution in [-0.2, 0) is 9.53 Å². The topological polar surface area (TPSA) is 49.8 Å². The van der Waals surface area contributed by atoms with Gasteiger partial charge in [0.1, 0.15) is 0 Å². The lowest BCUT2D eigenvalue weighted by Gasteiger charge is -2.34. The van der Waals surface area contributed by atoms with Crippen LogP contribution in [0.2, 0.25) is 0 Å². The summed E-state index contributed by atoms with van der Waals surface area (Å²) in [5, 5.41) is 8.97. The van der Waals surface area contributed by atoms with Gasteiger partial charge in [0.2, 0.25) is 0 Å². The first kappa shape index (κ1) is 9.68. The molecule has 1 aliphatic carbocycles. The number of carbonyl (C=O) groups is 1. The first-order valence-electron chi connectivity index (χ1n) is 5.00. The molecule has 2 aliphatic rings. The van der Waals surface area contributed by atoms with Crippen LogP contribution in [0.3, 0.4) is 0 Å². The fourth-order valence-electron chi connectivity index (χ4n) is 1.92. The predicted molar refractivity (Wildman–Crippen MR) is 50.7 cm³/mol. The van der Waals surface area contributed by atoms with Crippen molar-refractivity contribution in [3.8, 4) is 0 Å². The molecule has 0 bridgehead atoms. The van der Waals surface area contributed by atoms with Gasteiger partial charge in [-0.3, -0.25) is 4.79 Å². The van der Waals surface area contributed by atoms with E-state index in [1.54, 1.807) is 6.08 Å². The minimum Gasteiger partial charge on any atom is -0.394 e. The Balaban J connectivity index is 1.97. The molecule has 1 aliphatic heterocycles. The standard InChI is InChI=1S/C10H15NO3/c12-7-10-6-11(3-4-14-10)8-1-2-9(13)5-8/h5,10,12H,1-4,6-7H2. The molecule has 0 amide bonds. The van der Waals surface area contributed by atoms with E-state index in [1.165, 1.54) is 0 Å². The van der Waals surface area contributed by atoms with Gasteiger partial charge in [-0.05, 0) is 6.42 Å². The Labute approximate surface area is 83.2 Å². The maximum absolute atomic E-state index is 11.1. The highest BCUT2D eigenvalue weighted by Crippen LogP contribution is 2.21. The highest BCUT2D eigenvalue weighted by Gasteiger charge is 2.24. The van der Waals surface area contributed by atoms with E-state index >= 15 is 0 Å². The van der Waals surface area contributed by atoms with Crippen molar-refractivity contribution in [1.29, 1.82) is 0 Å². The summed E-state index contributed by atoms with van der Waals surface area (Å²) < 4.78 is 5.34. The number of morpholine rings is 1. The molecule has 1 fully saturated rings. The number of aliphatic hydroxyl groups excluding tert-OH is 1. The van der Waals surface area contributed by atoms with E-state index in [4.69, 9.17) is 9.84 Å². The fourth-order valence-corrected chi connectivity index (χ4v) is 1.92. The molecule has 0 spiro atoms. The van der Waals surface area contributed by atoms with E-state index in [-0.39, 0.29) is 18.5 Å². The highest BCUT2D eigenvalue weighted by atomic mass is 16.5. The zero-order valence-corrected chi connectivity index (χ0v) is 8.11. The normalized spacial score (nSPS) is 28.1. The van der Waals surface area contributed by atoms with Crippen molar-refractivity contribution >= 4 is 5.78 Å². The fraction of sp³-hybridized carbons (Fsp3) is 0.700. The summed E-state index contributed by atoms with van der Waals surface area (Å²) >= 11 is 0. The number of hydrogen-bond donors (Lipinski definition) is 1. The largest absolute Gasteiger partial charge is 0.394 e. The molecule has 4 nitrogen and oxygen atoms in total. The first-order valence-corrected chi connectivity index (χ1v) is 5.00. The van der Waals surface area contributed by atoms with Crippen molar-refractivity contribution in [2.75, 3.05) is 26.3 Å². The summed E-state index contributed by atoms with van der Waals surface area (Å²) in [5.41, 5.74) is 1.11. The van der Waals surface area contributed by atoms with Gasteiger partial charge >= 0.3 is 0 Å². The van der Waals surface area contributed by atoms with Crippen LogP contribution in [0.4, 0.5) is 0 Å². The predicted octanol–water partition coefficient (Wildman–Crippen LogP) is -0.0737. The summed E-state index contributed by atoms with van der Waals surface area (Å²) in [4.78, 5) is 13.2. The monoisotopic (exact) mass is 197 g/mol. The third kappa shape index (κ3) is 1.96. The van der Waals surface area contributed by atoms with Crippen LogP contribution in [-0.4, -0.2) is 48.2 Å². The number of rotatable bonds is 2. The summed E-state index contributed by atoms with van der Waals surface area (Å²) in [6.45, 7) is 2.22. The molecule has 14 heavy (non-hydrogen) atoms. The smallest absolute Gasteiger partial charge is 0.157 e. The van der Waals surface area contributed by atoms with Gasteiger partial charge in [0.15, 0.2) is 5.78 Å². The van der Waals surface area contributed by atoms with Crippen LogP contribution in [0, 0.1) is 0 Å². The summed E-state index contributed by atoms with van der Waals surface area (Å²) in [7, 11) is 0. The Bertz CT molecular complexity index is 262. The van der Waals surface area contributed by atoms with Crippen molar-refractivity contribution in [2.24, 2.45) is 0 Å². The Morgan fingerprint density at radius 1 is 1.57 bits per heavy atom. The minimum absolute atomic E-state index is 0.0533. The van der Waals surface area contributed by atoms with Crippen LogP contribution >= 0.6 is 0 Å². The lowest BCUT2D eigenvalue weighted by atomic mass is 10.2. The SMILES string of the molecule is O=C1C=C(N2CCOC(CO)C2)CC1. The van der Waals surface area contributed by atoms with Crippen LogP contribution in [0.1, 0.15) is 12.8 Å². The number of allylic oxidation sites excluding steroid dienone is 2. The first-order chi connectivity index (χ1) is 6.79. The zero-order chi connectivity index (χ0) is 9.97. The van der Waals surface area contributed by atoms with Crippen LogP contribution < -0.4 is 0 Å². The third-order valence-corrected chi connectivity index (χ3v) is 2.70. The number of ketones is 1. The van der Waals surface area contributed by atoms with Crippen molar-refractivity contribution in [3.05, 3.63) is 11.8 Å². The minimum atomic E-state index is -0.0969. The average molecular weight is 197 g/mol. The van der Waals surface area contributed by atoms with Crippen molar-refractivity contribution < 1.29 is 14.6 Å². The molecule has 2 rings (SSSR count). The van der Waals surface area contributed by atoms with Gasteiger partial charge in [0.05, 0.1) is 19.3 Å². The molecule has 0 radical (unpaired) electrons. The van der Waals surface area contributed by atoms with Gasteiger partial charge in [0, 0.05) is 31.3 Å². The second-order valence-corrected chi connectivity index (χ2v) is 3.72. The number of carbonyl (C=O) groups excluding carboxylic acids is 1. The van der Waals surface area contributed by atoms with Crippen LogP contribution in [0.5, 0.6) is 0 Å². The van der Waals surface area contributed by atoms with Crippen molar-refractivity contribution in [2.45, 2.75) is 18.9 Å². The Kier molecular flexibility index (Phi) is 2.84. The number of ether oxygens (including phenoxy) is 1. The molecule has 0 saturated carbocycles. The number of nitrogens with zero attached hydrogens (tertiary/aromatic N) is 1. The molecule has 1 saturated heterocycles. The van der Waals surface area contributed by atoms with E-state index in [9.17, 15) is 4.79 Å². The summed E-state index contributed by atoms with van der Waals surface area (Å²) in [6.07, 6.45) is 3.10. The maximum atomic E-state index is 11.1. The van der Waals surface area contributed by atoms with E-state index in [2.05, 4.69) is 4.90 Å². The molecule has 0 aromatic rings. The van der Waals surface area contributed by atoms with E-state index < -0.39 is 0 Å². The lowest BCUT2D eigenvalue weighted by Crippen LogP contribution is -2.43. The lowest BCUT2D eigenvalue weighted by molar-refractivity contribution is -0.114. The summed E-state index contributed by atoms with van der Waals surface area (Å²) in [6, 6.07) is 0. The van der Waals surface area contributed by atoms with Gasteiger partial charge in [-0.2, -0.15) is 0 Å². The van der Waals surface area contributed by atoms with Gasteiger partial charge in [-0.1, -0.05) is 0 Å².